The number of halogens is 3. The molecule has 0 saturated carbocycles. The molecule has 6 nitrogen and oxygen atoms in total. The van der Waals surface area contributed by atoms with Crippen molar-refractivity contribution >= 4 is 11.0 Å². The molecule has 17 heavy (non-hydrogen) atoms. The highest BCUT2D eigenvalue weighted by Gasteiger charge is 2.31. The van der Waals surface area contributed by atoms with E-state index in [-0.39, 0.29) is 9.58 Å². The molecule has 1 heterocycles. The van der Waals surface area contributed by atoms with Crippen LogP contribution in [-0.4, -0.2) is 9.83 Å². The Hall–Kier alpha value is -2.32. The zero-order valence-corrected chi connectivity index (χ0v) is 7.93. The number of benzene rings is 1. The number of rotatable bonds is 0. The number of alkyl halides is 3. The molecule has 0 radical (unpaired) electrons. The second kappa shape index (κ2) is 3.34. The molecule has 9 heteroatoms. The van der Waals surface area contributed by atoms with Gasteiger partial charge in [-0.25, -0.2) is 4.79 Å². The summed E-state index contributed by atoms with van der Waals surface area (Å²) in [5.41, 5.74) is -3.57. The fourth-order valence-corrected chi connectivity index (χ4v) is 1.30. The molecule has 1 aromatic carbocycles. The lowest BCUT2D eigenvalue weighted by Gasteiger charge is -2.12. The van der Waals surface area contributed by atoms with Crippen molar-refractivity contribution in [3.05, 3.63) is 44.7 Å². The van der Waals surface area contributed by atoms with Crippen LogP contribution in [0.4, 0.5) is 13.2 Å². The largest absolute Gasteiger partial charge is 0.802 e. The van der Waals surface area contributed by atoms with Crippen LogP contribution in [0.15, 0.2) is 23.0 Å². The molecule has 0 spiro atoms. The fourth-order valence-electron chi connectivity index (χ4n) is 1.30. The van der Waals surface area contributed by atoms with Crippen LogP contribution in [0.1, 0.15) is 5.56 Å². The van der Waals surface area contributed by atoms with Gasteiger partial charge in [-0.3, -0.25) is 0 Å². The standard InChI is InChI=1S/C8H3F3N3O3/c9-8(10,11)4-1-2-5-6(3-4)14(17)12-7(15)13(5)16/h1-3H/q-1. The molecule has 2 rings (SSSR count). The molecule has 2 aromatic rings. The van der Waals surface area contributed by atoms with Crippen molar-refractivity contribution in [2.45, 2.75) is 6.18 Å². The van der Waals surface area contributed by atoms with E-state index in [1.165, 1.54) is 0 Å². The minimum atomic E-state index is -4.65. The lowest BCUT2D eigenvalue weighted by atomic mass is 10.2. The maximum Gasteiger partial charge on any atom is 0.416 e. The molecule has 0 aliphatic carbocycles. The van der Waals surface area contributed by atoms with Gasteiger partial charge in [0.15, 0.2) is 0 Å². The topological polar surface area (TPSA) is 84.9 Å². The van der Waals surface area contributed by atoms with Gasteiger partial charge in [0.2, 0.25) is 0 Å². The zero-order chi connectivity index (χ0) is 12.8. The third-order valence-electron chi connectivity index (χ3n) is 2.08. The fraction of sp³-hybridized carbons (Fsp3) is 0.125. The average Bonchev–Trinajstić information content (AvgIpc) is 2.24. The Morgan fingerprint density at radius 1 is 1.35 bits per heavy atom. The number of hydrogen-bond donors (Lipinski definition) is 0. The minimum Gasteiger partial charge on any atom is -0.802 e. The van der Waals surface area contributed by atoms with E-state index in [0.717, 1.165) is 6.07 Å². The van der Waals surface area contributed by atoms with Crippen molar-refractivity contribution in [3.8, 4) is 0 Å². The highest BCUT2D eigenvalue weighted by atomic mass is 19.4. The molecule has 0 amide bonds. The zero-order valence-electron chi connectivity index (χ0n) is 7.93. The van der Waals surface area contributed by atoms with Gasteiger partial charge >= 0.3 is 11.9 Å². The van der Waals surface area contributed by atoms with Crippen LogP contribution in [-0.2, 0) is 6.18 Å². The summed E-state index contributed by atoms with van der Waals surface area (Å²) in [6.07, 6.45) is -4.65. The molecule has 0 bridgehead atoms. The Labute approximate surface area is 90.7 Å². The second-order valence-electron chi connectivity index (χ2n) is 3.15. The molecule has 0 saturated heterocycles. The maximum absolute atomic E-state index is 12.3. The third kappa shape index (κ3) is 1.75. The summed E-state index contributed by atoms with van der Waals surface area (Å²) in [5.74, 6) is 0. The van der Waals surface area contributed by atoms with Gasteiger partial charge in [-0.2, -0.15) is 13.2 Å². The number of aromatic nitrogens is 3. The molecule has 90 valence electrons. The van der Waals surface area contributed by atoms with Gasteiger partial charge in [0.05, 0.1) is 10.7 Å². The SMILES string of the molecule is O=c1n[n+]([O-])c2cc(C(F)(F)F)ccc2n1[O-]. The van der Waals surface area contributed by atoms with E-state index in [9.17, 15) is 28.4 Å². The van der Waals surface area contributed by atoms with Gasteiger partial charge in [-0.15, -0.1) is 0 Å². The highest BCUT2D eigenvalue weighted by Crippen LogP contribution is 2.30. The van der Waals surface area contributed by atoms with Crippen molar-refractivity contribution in [2.24, 2.45) is 0 Å². The Morgan fingerprint density at radius 2 is 2.00 bits per heavy atom. The van der Waals surface area contributed by atoms with Gasteiger partial charge in [0.1, 0.15) is 5.52 Å². The monoisotopic (exact) mass is 246 g/mol. The van der Waals surface area contributed by atoms with E-state index < -0.39 is 28.5 Å². The van der Waals surface area contributed by atoms with Crippen LogP contribution in [0, 0.1) is 10.4 Å². The van der Waals surface area contributed by atoms with Crippen molar-refractivity contribution < 1.29 is 18.0 Å². The van der Waals surface area contributed by atoms with Crippen LogP contribution < -0.4 is 10.5 Å². The van der Waals surface area contributed by atoms with E-state index >= 15 is 0 Å². The van der Waals surface area contributed by atoms with Gasteiger partial charge in [-0.05, 0) is 17.0 Å². The molecular formula is C8H3F3N3O3-. The van der Waals surface area contributed by atoms with Crippen LogP contribution in [0.5, 0.6) is 0 Å². The van der Waals surface area contributed by atoms with Crippen LogP contribution in [0.2, 0.25) is 0 Å². The highest BCUT2D eigenvalue weighted by molar-refractivity contribution is 5.72. The number of fused-ring (bicyclic) bond motifs is 1. The van der Waals surface area contributed by atoms with E-state index in [0.29, 0.717) is 12.1 Å². The Morgan fingerprint density at radius 3 is 2.59 bits per heavy atom. The molecule has 0 atom stereocenters. The van der Waals surface area contributed by atoms with Crippen LogP contribution >= 0.6 is 0 Å². The predicted molar refractivity (Wildman–Crippen MR) is 48.7 cm³/mol. The van der Waals surface area contributed by atoms with Crippen molar-refractivity contribution in [1.82, 2.24) is 9.83 Å². The molecule has 0 fully saturated rings. The first kappa shape index (κ1) is 11.2. The average molecular weight is 246 g/mol. The molecule has 0 aliphatic rings. The van der Waals surface area contributed by atoms with Gasteiger partial charge in [0, 0.05) is 6.07 Å². The van der Waals surface area contributed by atoms with Crippen molar-refractivity contribution in [2.75, 3.05) is 0 Å². The molecule has 0 N–H and O–H groups in total. The molecule has 0 aliphatic heterocycles. The predicted octanol–water partition coefficient (Wildman–Crippen LogP) is 0.395. The Bertz CT molecular complexity index is 650. The molecule has 1 aromatic heterocycles. The summed E-state index contributed by atoms with van der Waals surface area (Å²) in [6.45, 7) is 0. The van der Waals surface area contributed by atoms with E-state index in [1.807, 2.05) is 0 Å². The first-order valence-electron chi connectivity index (χ1n) is 4.22. The van der Waals surface area contributed by atoms with E-state index in [1.54, 1.807) is 0 Å². The Balaban J connectivity index is 2.84. The van der Waals surface area contributed by atoms with Crippen LogP contribution in [0.3, 0.4) is 0 Å². The van der Waals surface area contributed by atoms with E-state index in [2.05, 4.69) is 5.10 Å². The summed E-state index contributed by atoms with van der Waals surface area (Å²) in [6, 6.07) is 1.82. The molecular weight excluding hydrogens is 243 g/mol. The van der Waals surface area contributed by atoms with Gasteiger partial charge < -0.3 is 15.1 Å². The summed E-state index contributed by atoms with van der Waals surface area (Å²) < 4.78 is 36.8. The summed E-state index contributed by atoms with van der Waals surface area (Å²) >= 11 is 0. The van der Waals surface area contributed by atoms with Crippen molar-refractivity contribution in [1.29, 1.82) is 0 Å². The number of hydrogen-bond acceptors (Lipinski definition) is 4. The third-order valence-corrected chi connectivity index (χ3v) is 2.08. The summed E-state index contributed by atoms with van der Waals surface area (Å²) in [5, 5.41) is 25.0. The minimum absolute atomic E-state index is 0.246. The van der Waals surface area contributed by atoms with Crippen LogP contribution in [0.25, 0.3) is 11.0 Å². The van der Waals surface area contributed by atoms with Gasteiger partial charge in [0.25, 0.3) is 5.52 Å². The van der Waals surface area contributed by atoms with Gasteiger partial charge in [-0.1, -0.05) is 0 Å². The second-order valence-corrected chi connectivity index (χ2v) is 3.15. The van der Waals surface area contributed by atoms with E-state index in [4.69, 9.17) is 0 Å². The smallest absolute Gasteiger partial charge is 0.416 e. The van der Waals surface area contributed by atoms with Crippen molar-refractivity contribution in [3.63, 3.8) is 0 Å². The quantitative estimate of drug-likeness (QED) is 0.497. The maximum atomic E-state index is 12.3. The summed E-state index contributed by atoms with van der Waals surface area (Å²) in [7, 11) is 0. The number of nitrogens with zero attached hydrogens (tertiary/aromatic N) is 3. The first-order valence-corrected chi connectivity index (χ1v) is 4.22. The lowest BCUT2D eigenvalue weighted by Crippen LogP contribution is -2.42. The normalized spacial score (nSPS) is 11.9. The Kier molecular flexibility index (Phi) is 2.19. The lowest BCUT2D eigenvalue weighted by molar-refractivity contribution is -0.645. The summed E-state index contributed by atoms with van der Waals surface area (Å²) in [4.78, 5) is 10.5. The first-order chi connectivity index (χ1) is 7.80. The molecule has 0 unspecified atom stereocenters.